The van der Waals surface area contributed by atoms with E-state index >= 15 is 0 Å². The molecule has 2 heterocycles. The molecule has 226 valence electrons. The third-order valence-corrected chi connectivity index (χ3v) is 8.62. The molecule has 0 radical (unpaired) electrons. The summed E-state index contributed by atoms with van der Waals surface area (Å²) in [5.74, 6) is 3.28. The van der Waals surface area contributed by atoms with Crippen LogP contribution in [0.5, 0.6) is 17.2 Å². The Morgan fingerprint density at radius 2 is 1.77 bits per heavy atom. The van der Waals surface area contributed by atoms with Crippen molar-refractivity contribution in [3.63, 3.8) is 0 Å². The Morgan fingerprint density at radius 3 is 2.42 bits per heavy atom. The molecule has 43 heavy (non-hydrogen) atoms. The van der Waals surface area contributed by atoms with E-state index in [1.807, 2.05) is 12.1 Å². The van der Waals surface area contributed by atoms with Crippen molar-refractivity contribution in [3.05, 3.63) is 72.1 Å². The molecular formula is C35H42N4O4. The van der Waals surface area contributed by atoms with Gasteiger partial charge in [0.1, 0.15) is 24.0 Å². The minimum Gasteiger partial charge on any atom is -0.495 e. The molecule has 2 fully saturated rings. The highest BCUT2D eigenvalue weighted by atomic mass is 16.5. The quantitative estimate of drug-likeness (QED) is 0.198. The summed E-state index contributed by atoms with van der Waals surface area (Å²) in [5.41, 5.74) is 6.21. The van der Waals surface area contributed by atoms with Crippen LogP contribution in [0.1, 0.15) is 55.7 Å². The molecule has 3 aromatic rings. The van der Waals surface area contributed by atoms with Crippen molar-refractivity contribution in [2.75, 3.05) is 32.6 Å². The molecule has 1 aliphatic carbocycles. The largest absolute Gasteiger partial charge is 0.495 e. The summed E-state index contributed by atoms with van der Waals surface area (Å²) in [6.07, 6.45) is 15.0. The molecule has 2 aromatic carbocycles. The average Bonchev–Trinajstić information content (AvgIpc) is 2.99. The zero-order valence-electron chi connectivity index (χ0n) is 25.9. The molecule has 1 amide bonds. The van der Waals surface area contributed by atoms with Crippen molar-refractivity contribution >= 4 is 33.9 Å². The lowest BCUT2D eigenvalue weighted by Gasteiger charge is -2.31. The lowest BCUT2D eigenvalue weighted by atomic mass is 9.85. The van der Waals surface area contributed by atoms with Gasteiger partial charge in [-0.1, -0.05) is 31.2 Å². The number of rotatable bonds is 10. The molecule has 0 bridgehead atoms. The number of carbonyl (C=O) groups is 1. The Hall–Kier alpha value is -4.33. The summed E-state index contributed by atoms with van der Waals surface area (Å²) in [7, 11) is 3.31. The maximum Gasteiger partial charge on any atom is 0.245 e. The number of ether oxygens (including phenoxy) is 3. The number of likely N-dealkylation sites (tertiary alicyclic amines) is 1. The molecule has 0 unspecified atom stereocenters. The first kappa shape index (κ1) is 30.1. The van der Waals surface area contributed by atoms with E-state index in [0.717, 1.165) is 46.3 Å². The van der Waals surface area contributed by atoms with Gasteiger partial charge >= 0.3 is 0 Å². The summed E-state index contributed by atoms with van der Waals surface area (Å²) >= 11 is 0. The van der Waals surface area contributed by atoms with E-state index in [9.17, 15) is 4.79 Å². The summed E-state index contributed by atoms with van der Waals surface area (Å²) in [6, 6.07) is 5.88. The van der Waals surface area contributed by atoms with Crippen molar-refractivity contribution in [2.45, 2.75) is 59.0 Å². The maximum atomic E-state index is 12.0. The number of methoxy groups -OCH3 is 2. The number of nitrogens with zero attached hydrogens (tertiary/aromatic N) is 3. The molecule has 5 rings (SSSR count). The molecule has 2 aliphatic rings. The summed E-state index contributed by atoms with van der Waals surface area (Å²) in [5, 5.41) is 4.37. The van der Waals surface area contributed by atoms with E-state index in [0.29, 0.717) is 36.3 Å². The van der Waals surface area contributed by atoms with Crippen LogP contribution in [0.2, 0.25) is 0 Å². The number of benzene rings is 2. The predicted molar refractivity (Wildman–Crippen MR) is 172 cm³/mol. The molecule has 0 atom stereocenters. The van der Waals surface area contributed by atoms with Gasteiger partial charge in [0.15, 0.2) is 11.5 Å². The zero-order valence-corrected chi connectivity index (χ0v) is 25.9. The Balaban J connectivity index is 1.46. The monoisotopic (exact) mass is 582 g/mol. The van der Waals surface area contributed by atoms with Crippen LogP contribution in [0.3, 0.4) is 0 Å². The number of allylic oxidation sites excluding steroid dienone is 4. The number of piperidine rings is 1. The molecule has 0 spiro atoms. The first-order valence-electron chi connectivity index (χ1n) is 15.0. The number of aryl methyl sites for hydroxylation is 1. The molecule has 1 aliphatic heterocycles. The van der Waals surface area contributed by atoms with Crippen LogP contribution >= 0.6 is 0 Å². The van der Waals surface area contributed by atoms with Crippen molar-refractivity contribution in [2.24, 2.45) is 5.92 Å². The van der Waals surface area contributed by atoms with Gasteiger partial charge in [0.05, 0.1) is 25.4 Å². The standard InChI is InChI=1S/C35H42N4O4/c1-7-32(40)39-16-14-26(15-17-39)43-30-19-27-28(20-29(30)41-5)36-21-37-35(27)38-34-24(4)33(23(3)18-31(34)42-6)22(2)10-8-11-25-12-9-13-25/h7-8,10-11,18-21,25-26H,1,9,12-17H2,2-6H3,(H,36,37,38)/b11-8-,22-10+. The van der Waals surface area contributed by atoms with Crippen molar-refractivity contribution in [3.8, 4) is 17.2 Å². The topological polar surface area (TPSA) is 85.8 Å². The number of amides is 1. The minimum atomic E-state index is -0.0459. The van der Waals surface area contributed by atoms with Crippen LogP contribution in [0.25, 0.3) is 16.5 Å². The normalized spacial score (nSPS) is 16.3. The van der Waals surface area contributed by atoms with E-state index in [2.05, 4.69) is 66.9 Å². The molecule has 1 aromatic heterocycles. The van der Waals surface area contributed by atoms with E-state index < -0.39 is 0 Å². The Morgan fingerprint density at radius 1 is 1.02 bits per heavy atom. The summed E-state index contributed by atoms with van der Waals surface area (Å²) < 4.78 is 18.0. The number of anilines is 2. The Labute approximate surface area is 254 Å². The van der Waals surface area contributed by atoms with Gasteiger partial charge in [-0.05, 0) is 80.0 Å². The Bertz CT molecular complexity index is 1570. The highest BCUT2D eigenvalue weighted by molar-refractivity contribution is 5.94. The zero-order chi connectivity index (χ0) is 30.5. The molecule has 8 heteroatoms. The third-order valence-electron chi connectivity index (χ3n) is 8.62. The van der Waals surface area contributed by atoms with Crippen LogP contribution in [0.4, 0.5) is 11.5 Å². The SMILES string of the molecule is C=CC(=O)N1CCC(Oc2cc3c(Nc4c(OC)cc(C)c(/C(C)=C/C=C\C5CCC5)c4C)ncnc3cc2OC)CC1. The van der Waals surface area contributed by atoms with Gasteiger partial charge in [0, 0.05) is 37.4 Å². The molecule has 1 saturated heterocycles. The molecule has 8 nitrogen and oxygen atoms in total. The van der Waals surface area contributed by atoms with Gasteiger partial charge < -0.3 is 24.4 Å². The first-order valence-corrected chi connectivity index (χ1v) is 15.0. The van der Waals surface area contributed by atoms with Crippen LogP contribution in [0, 0.1) is 19.8 Å². The van der Waals surface area contributed by atoms with Gasteiger partial charge in [-0.2, -0.15) is 0 Å². The van der Waals surface area contributed by atoms with Gasteiger partial charge in [-0.15, -0.1) is 0 Å². The summed E-state index contributed by atoms with van der Waals surface area (Å²) in [4.78, 5) is 23.0. The van der Waals surface area contributed by atoms with Crippen LogP contribution in [-0.4, -0.2) is 54.2 Å². The predicted octanol–water partition coefficient (Wildman–Crippen LogP) is 7.32. The van der Waals surface area contributed by atoms with Crippen molar-refractivity contribution < 1.29 is 19.0 Å². The highest BCUT2D eigenvalue weighted by Crippen LogP contribution is 2.41. The lowest BCUT2D eigenvalue weighted by Crippen LogP contribution is -2.41. The third kappa shape index (κ3) is 6.53. The van der Waals surface area contributed by atoms with Crippen LogP contribution < -0.4 is 19.5 Å². The van der Waals surface area contributed by atoms with Gasteiger partial charge in [0.2, 0.25) is 5.91 Å². The maximum absolute atomic E-state index is 12.0. The highest BCUT2D eigenvalue weighted by Gasteiger charge is 2.24. The number of hydrogen-bond acceptors (Lipinski definition) is 7. The number of nitrogens with one attached hydrogen (secondary N) is 1. The van der Waals surface area contributed by atoms with E-state index in [1.165, 1.54) is 36.5 Å². The molecular weight excluding hydrogens is 540 g/mol. The van der Waals surface area contributed by atoms with Crippen LogP contribution in [0.15, 0.2) is 55.4 Å². The number of fused-ring (bicyclic) bond motifs is 1. The number of hydrogen-bond donors (Lipinski definition) is 1. The number of carbonyl (C=O) groups excluding carboxylic acids is 1. The van der Waals surface area contributed by atoms with Gasteiger partial charge in [-0.3, -0.25) is 4.79 Å². The van der Waals surface area contributed by atoms with E-state index in [1.54, 1.807) is 25.4 Å². The summed E-state index contributed by atoms with van der Waals surface area (Å²) in [6.45, 7) is 11.2. The van der Waals surface area contributed by atoms with Crippen molar-refractivity contribution in [1.29, 1.82) is 0 Å². The smallest absolute Gasteiger partial charge is 0.245 e. The fourth-order valence-corrected chi connectivity index (χ4v) is 5.98. The van der Waals surface area contributed by atoms with E-state index in [4.69, 9.17) is 14.2 Å². The van der Waals surface area contributed by atoms with E-state index in [-0.39, 0.29) is 12.0 Å². The second-order valence-electron chi connectivity index (χ2n) is 11.4. The molecule has 1 N–H and O–H groups in total. The fraction of sp³-hybridized carbons (Fsp3) is 0.400. The second-order valence-corrected chi connectivity index (χ2v) is 11.4. The van der Waals surface area contributed by atoms with Crippen molar-refractivity contribution in [1.82, 2.24) is 14.9 Å². The van der Waals surface area contributed by atoms with Crippen LogP contribution in [-0.2, 0) is 4.79 Å². The van der Waals surface area contributed by atoms with Gasteiger partial charge in [-0.25, -0.2) is 9.97 Å². The Kier molecular flexibility index (Phi) is 9.34. The second kappa shape index (κ2) is 13.3. The number of aromatic nitrogens is 2. The lowest BCUT2D eigenvalue weighted by molar-refractivity contribution is -0.127. The first-order chi connectivity index (χ1) is 20.8. The minimum absolute atomic E-state index is 0.0450. The fourth-order valence-electron chi connectivity index (χ4n) is 5.98. The average molecular weight is 583 g/mol. The van der Waals surface area contributed by atoms with Gasteiger partial charge in [0.25, 0.3) is 0 Å². The molecule has 1 saturated carbocycles.